The molecule has 12 nitrogen and oxygen atoms in total. The predicted molar refractivity (Wildman–Crippen MR) is 125 cm³/mol. The number of nitrogens with one attached hydrogen (secondary N) is 3. The van der Waals surface area contributed by atoms with Crippen molar-refractivity contribution in [2.24, 2.45) is 11.7 Å². The highest BCUT2D eigenvalue weighted by Crippen LogP contribution is 2.11. The molecule has 8 N–H and O–H groups in total. The third-order valence-electron chi connectivity index (χ3n) is 5.52. The molecule has 0 saturated heterocycles. The van der Waals surface area contributed by atoms with Crippen molar-refractivity contribution in [2.45, 2.75) is 70.3 Å². The number of nitrogens with two attached hydrogens (primary N) is 1. The molecule has 6 unspecified atom stereocenters. The molecule has 6 atom stereocenters. The Hall–Kier alpha value is -3.51. The molecule has 0 spiro atoms. The van der Waals surface area contributed by atoms with Gasteiger partial charge in [-0.25, -0.2) is 4.79 Å². The van der Waals surface area contributed by atoms with Crippen LogP contribution in [0.5, 0.6) is 0 Å². The number of rotatable bonds is 14. The molecule has 0 fully saturated rings. The van der Waals surface area contributed by atoms with E-state index in [9.17, 15) is 34.2 Å². The van der Waals surface area contributed by atoms with Crippen molar-refractivity contribution in [3.05, 3.63) is 35.9 Å². The lowest BCUT2D eigenvalue weighted by Gasteiger charge is -2.28. The molecule has 1 aromatic carbocycles. The maximum Gasteiger partial charge on any atom is 0.326 e. The summed E-state index contributed by atoms with van der Waals surface area (Å²) in [5.41, 5.74) is 6.39. The Labute approximate surface area is 203 Å². The van der Waals surface area contributed by atoms with Crippen LogP contribution < -0.4 is 21.7 Å². The number of carboxylic acid groups (broad SMARTS) is 2. The van der Waals surface area contributed by atoms with Crippen molar-refractivity contribution >= 4 is 29.7 Å². The van der Waals surface area contributed by atoms with Gasteiger partial charge in [0.1, 0.15) is 24.2 Å². The van der Waals surface area contributed by atoms with Gasteiger partial charge in [-0.3, -0.25) is 19.2 Å². The number of hydrogen-bond acceptors (Lipinski definition) is 7. The van der Waals surface area contributed by atoms with E-state index in [1.807, 2.05) is 0 Å². The summed E-state index contributed by atoms with van der Waals surface area (Å²) in [7, 11) is 0. The lowest BCUT2D eigenvalue weighted by molar-refractivity contribution is -0.147. The second-order valence-corrected chi connectivity index (χ2v) is 8.39. The molecule has 0 heterocycles. The monoisotopic (exact) mass is 494 g/mol. The van der Waals surface area contributed by atoms with Crippen LogP contribution >= 0.6 is 0 Å². The fourth-order valence-corrected chi connectivity index (χ4v) is 3.14. The van der Waals surface area contributed by atoms with Crippen molar-refractivity contribution in [1.29, 1.82) is 0 Å². The number of carbonyl (C=O) groups is 5. The zero-order valence-corrected chi connectivity index (χ0v) is 19.9. The van der Waals surface area contributed by atoms with E-state index in [1.165, 1.54) is 6.92 Å². The number of aliphatic hydroxyl groups is 1. The SMILES string of the molecule is CCC(C)C(NC(=O)C(Cc1ccccc1)NC(=O)C(N)C(C)O)C(=O)NC(CC(=O)O)C(=O)O. The van der Waals surface area contributed by atoms with Gasteiger partial charge in [0.2, 0.25) is 17.7 Å². The normalized spacial score (nSPS) is 16.0. The highest BCUT2D eigenvalue weighted by Gasteiger charge is 2.33. The van der Waals surface area contributed by atoms with Crippen molar-refractivity contribution in [2.75, 3.05) is 0 Å². The van der Waals surface area contributed by atoms with Crippen molar-refractivity contribution in [3.8, 4) is 0 Å². The summed E-state index contributed by atoms with van der Waals surface area (Å²) in [5.74, 6) is -5.77. The Morgan fingerprint density at radius 3 is 1.94 bits per heavy atom. The Balaban J connectivity index is 3.14. The highest BCUT2D eigenvalue weighted by atomic mass is 16.4. The minimum Gasteiger partial charge on any atom is -0.481 e. The fourth-order valence-electron chi connectivity index (χ4n) is 3.14. The Kier molecular flexibility index (Phi) is 11.8. The minimum atomic E-state index is -1.69. The number of aliphatic carboxylic acids is 2. The first-order chi connectivity index (χ1) is 16.4. The summed E-state index contributed by atoms with van der Waals surface area (Å²) in [6.07, 6.45) is -1.53. The maximum absolute atomic E-state index is 13.2. The quantitative estimate of drug-likeness (QED) is 0.169. The van der Waals surface area contributed by atoms with Gasteiger partial charge in [0, 0.05) is 6.42 Å². The second-order valence-electron chi connectivity index (χ2n) is 8.39. The average molecular weight is 495 g/mol. The topological polar surface area (TPSA) is 208 Å². The molecular weight excluding hydrogens is 460 g/mol. The average Bonchev–Trinajstić information content (AvgIpc) is 2.80. The number of aliphatic hydroxyl groups excluding tert-OH is 1. The van der Waals surface area contributed by atoms with Gasteiger partial charge in [0.05, 0.1) is 12.5 Å². The van der Waals surface area contributed by atoms with E-state index in [0.717, 1.165) is 0 Å². The lowest BCUT2D eigenvalue weighted by Crippen LogP contribution is -2.60. The summed E-state index contributed by atoms with van der Waals surface area (Å²) >= 11 is 0. The highest BCUT2D eigenvalue weighted by molar-refractivity contribution is 5.95. The molecule has 0 aliphatic rings. The van der Waals surface area contributed by atoms with Gasteiger partial charge < -0.3 is 37.0 Å². The zero-order valence-electron chi connectivity index (χ0n) is 19.9. The summed E-state index contributed by atoms with van der Waals surface area (Å²) in [6, 6.07) is 3.41. The van der Waals surface area contributed by atoms with E-state index in [-0.39, 0.29) is 6.42 Å². The number of carbonyl (C=O) groups excluding carboxylic acids is 3. The molecule has 1 aromatic rings. The van der Waals surface area contributed by atoms with Crippen LogP contribution in [0.15, 0.2) is 30.3 Å². The number of carboxylic acids is 2. The predicted octanol–water partition coefficient (Wildman–Crippen LogP) is -1.00. The first-order valence-electron chi connectivity index (χ1n) is 11.2. The third-order valence-corrected chi connectivity index (χ3v) is 5.52. The van der Waals surface area contributed by atoms with Crippen LogP contribution in [-0.4, -0.2) is 75.3 Å². The number of benzene rings is 1. The van der Waals surface area contributed by atoms with Crippen LogP contribution in [0.25, 0.3) is 0 Å². The van der Waals surface area contributed by atoms with Crippen molar-refractivity contribution in [3.63, 3.8) is 0 Å². The lowest BCUT2D eigenvalue weighted by atomic mass is 9.96. The second kappa shape index (κ2) is 14.0. The Morgan fingerprint density at radius 1 is 0.886 bits per heavy atom. The van der Waals surface area contributed by atoms with Gasteiger partial charge in [-0.1, -0.05) is 50.6 Å². The largest absolute Gasteiger partial charge is 0.481 e. The van der Waals surface area contributed by atoms with Gasteiger partial charge in [-0.05, 0) is 18.4 Å². The summed E-state index contributed by atoms with van der Waals surface area (Å²) in [6.45, 7) is 4.75. The van der Waals surface area contributed by atoms with E-state index < -0.39 is 72.3 Å². The van der Waals surface area contributed by atoms with Gasteiger partial charge in [0.15, 0.2) is 0 Å². The van der Waals surface area contributed by atoms with Gasteiger partial charge in [-0.2, -0.15) is 0 Å². The standard InChI is InChI=1S/C23H34N4O8/c1-4-12(2)19(22(33)26-16(23(34)35)11-17(29)30)27-20(31)15(10-14-8-6-5-7-9-14)25-21(32)18(24)13(3)28/h5-9,12-13,15-16,18-19,28H,4,10-11,24H2,1-3H3,(H,25,32)(H,26,33)(H,27,31)(H,29,30)(H,34,35). The number of hydrogen-bond donors (Lipinski definition) is 7. The molecule has 0 bridgehead atoms. The molecule has 12 heteroatoms. The molecule has 1 rings (SSSR count). The van der Waals surface area contributed by atoms with Gasteiger partial charge in [-0.15, -0.1) is 0 Å². The van der Waals surface area contributed by atoms with Crippen LogP contribution in [0.4, 0.5) is 0 Å². The summed E-state index contributed by atoms with van der Waals surface area (Å²) in [4.78, 5) is 60.8. The maximum atomic E-state index is 13.2. The smallest absolute Gasteiger partial charge is 0.326 e. The fraction of sp³-hybridized carbons (Fsp3) is 0.522. The van der Waals surface area contributed by atoms with Crippen LogP contribution in [-0.2, 0) is 30.4 Å². The molecule has 0 saturated carbocycles. The summed E-state index contributed by atoms with van der Waals surface area (Å²) in [5, 5.41) is 35.0. The zero-order chi connectivity index (χ0) is 26.7. The van der Waals surface area contributed by atoms with Crippen LogP contribution in [0.2, 0.25) is 0 Å². The molecular formula is C23H34N4O8. The number of amides is 3. The molecule has 35 heavy (non-hydrogen) atoms. The van der Waals surface area contributed by atoms with E-state index in [4.69, 9.17) is 10.8 Å². The van der Waals surface area contributed by atoms with Gasteiger partial charge >= 0.3 is 11.9 Å². The molecule has 194 valence electrons. The van der Waals surface area contributed by atoms with Crippen molar-refractivity contribution in [1.82, 2.24) is 16.0 Å². The van der Waals surface area contributed by atoms with Crippen LogP contribution in [0.3, 0.4) is 0 Å². The van der Waals surface area contributed by atoms with E-state index in [1.54, 1.807) is 44.2 Å². The molecule has 0 aliphatic carbocycles. The van der Waals surface area contributed by atoms with Crippen molar-refractivity contribution < 1.29 is 39.3 Å². The first kappa shape index (κ1) is 29.5. The van der Waals surface area contributed by atoms with Crippen LogP contribution in [0, 0.1) is 5.92 Å². The Morgan fingerprint density at radius 2 is 1.46 bits per heavy atom. The van der Waals surface area contributed by atoms with E-state index >= 15 is 0 Å². The van der Waals surface area contributed by atoms with Gasteiger partial charge in [0.25, 0.3) is 0 Å². The molecule has 0 radical (unpaired) electrons. The van der Waals surface area contributed by atoms with E-state index in [2.05, 4.69) is 16.0 Å². The molecule has 3 amide bonds. The molecule has 0 aliphatic heterocycles. The third kappa shape index (κ3) is 9.71. The first-order valence-corrected chi connectivity index (χ1v) is 11.2. The Bertz CT molecular complexity index is 893. The summed E-state index contributed by atoms with van der Waals surface area (Å²) < 4.78 is 0. The minimum absolute atomic E-state index is 0.0521. The molecule has 0 aromatic heterocycles. The van der Waals surface area contributed by atoms with E-state index in [0.29, 0.717) is 12.0 Å². The van der Waals surface area contributed by atoms with Crippen LogP contribution in [0.1, 0.15) is 39.2 Å².